The summed E-state index contributed by atoms with van der Waals surface area (Å²) in [7, 11) is 0. The quantitative estimate of drug-likeness (QED) is 0.719. The van der Waals surface area contributed by atoms with E-state index >= 15 is 0 Å². The molecule has 0 spiro atoms. The van der Waals surface area contributed by atoms with Crippen molar-refractivity contribution in [3.05, 3.63) is 28.7 Å². The van der Waals surface area contributed by atoms with Gasteiger partial charge in [0, 0.05) is 17.1 Å². The van der Waals surface area contributed by atoms with Crippen LogP contribution < -0.4 is 10.1 Å². The molecular weight excluding hydrogens is 318 g/mol. The highest BCUT2D eigenvalue weighted by molar-refractivity contribution is 9.10. The maximum atomic E-state index is 9.91. The second-order valence-corrected chi connectivity index (χ2v) is 6.39. The maximum Gasteiger partial charge on any atom is 0.119 e. The molecule has 0 heterocycles. The Labute approximate surface area is 130 Å². The lowest BCUT2D eigenvalue weighted by Gasteiger charge is -2.20. The van der Waals surface area contributed by atoms with E-state index in [2.05, 4.69) is 42.0 Å². The van der Waals surface area contributed by atoms with Crippen LogP contribution in [0.4, 0.5) is 0 Å². The lowest BCUT2D eigenvalue weighted by molar-refractivity contribution is 0.103. The van der Waals surface area contributed by atoms with Crippen molar-refractivity contribution in [1.82, 2.24) is 5.32 Å². The maximum absolute atomic E-state index is 9.91. The molecule has 0 aliphatic carbocycles. The molecule has 4 heteroatoms. The monoisotopic (exact) mass is 343 g/mol. The summed E-state index contributed by atoms with van der Waals surface area (Å²) in [5, 5.41) is 13.3. The minimum atomic E-state index is -0.488. The van der Waals surface area contributed by atoms with Crippen LogP contribution in [0.25, 0.3) is 0 Å². The Bertz CT molecular complexity index is 369. The molecule has 1 aromatic carbocycles. The number of halogens is 1. The molecule has 3 unspecified atom stereocenters. The molecule has 1 aromatic rings. The van der Waals surface area contributed by atoms with Crippen molar-refractivity contribution in [1.29, 1.82) is 0 Å². The average molecular weight is 344 g/mol. The van der Waals surface area contributed by atoms with Gasteiger partial charge in [0.05, 0.1) is 0 Å². The third-order valence-electron chi connectivity index (χ3n) is 3.41. The van der Waals surface area contributed by atoms with E-state index < -0.39 is 6.10 Å². The van der Waals surface area contributed by atoms with Crippen LogP contribution in [-0.2, 0) is 0 Å². The summed E-state index contributed by atoms with van der Waals surface area (Å²) in [6.45, 7) is 7.50. The van der Waals surface area contributed by atoms with Gasteiger partial charge in [-0.1, -0.05) is 36.2 Å². The normalized spacial score (nSPS) is 15.7. The van der Waals surface area contributed by atoms with E-state index in [1.807, 2.05) is 24.3 Å². The molecule has 0 fully saturated rings. The molecule has 0 aromatic heterocycles. The number of hydrogen-bond acceptors (Lipinski definition) is 3. The fourth-order valence-corrected chi connectivity index (χ4v) is 2.24. The van der Waals surface area contributed by atoms with E-state index in [0.717, 1.165) is 16.6 Å². The molecule has 20 heavy (non-hydrogen) atoms. The summed E-state index contributed by atoms with van der Waals surface area (Å²) < 4.78 is 6.57. The van der Waals surface area contributed by atoms with Crippen molar-refractivity contribution in [2.75, 3.05) is 13.2 Å². The third kappa shape index (κ3) is 7.27. The molecule has 0 saturated carbocycles. The molecule has 3 nitrogen and oxygen atoms in total. The molecule has 1 rings (SSSR count). The summed E-state index contributed by atoms with van der Waals surface area (Å²) in [6.07, 6.45) is 1.84. The van der Waals surface area contributed by atoms with Crippen LogP contribution in [0.2, 0.25) is 0 Å². The van der Waals surface area contributed by atoms with Crippen LogP contribution in [0.3, 0.4) is 0 Å². The minimum Gasteiger partial charge on any atom is -0.491 e. The Balaban J connectivity index is 2.20. The molecule has 0 bridgehead atoms. The van der Waals surface area contributed by atoms with Gasteiger partial charge in [-0.25, -0.2) is 0 Å². The van der Waals surface area contributed by atoms with Crippen molar-refractivity contribution < 1.29 is 9.84 Å². The average Bonchev–Trinajstić information content (AvgIpc) is 2.44. The van der Waals surface area contributed by atoms with Gasteiger partial charge in [-0.05, 0) is 43.5 Å². The van der Waals surface area contributed by atoms with Crippen LogP contribution in [0, 0.1) is 5.92 Å². The molecule has 0 saturated heterocycles. The van der Waals surface area contributed by atoms with Crippen LogP contribution >= 0.6 is 15.9 Å². The fourth-order valence-electron chi connectivity index (χ4n) is 1.97. The van der Waals surface area contributed by atoms with Gasteiger partial charge < -0.3 is 15.2 Å². The van der Waals surface area contributed by atoms with Crippen LogP contribution in [0.5, 0.6) is 5.75 Å². The standard InChI is InChI=1S/C16H26BrNO2/c1-4-12(2)9-13(3)18-10-15(19)11-20-16-7-5-14(17)6-8-16/h5-8,12-13,15,18-19H,4,9-11H2,1-3H3. The first-order valence-corrected chi connectivity index (χ1v) is 8.10. The molecule has 3 atom stereocenters. The summed E-state index contributed by atoms with van der Waals surface area (Å²) in [5.74, 6) is 1.49. The summed E-state index contributed by atoms with van der Waals surface area (Å²) in [6, 6.07) is 8.04. The SMILES string of the molecule is CCC(C)CC(C)NCC(O)COc1ccc(Br)cc1. The van der Waals surface area contributed by atoms with E-state index in [9.17, 15) is 5.11 Å². The van der Waals surface area contributed by atoms with Crippen molar-refractivity contribution in [3.63, 3.8) is 0 Å². The summed E-state index contributed by atoms with van der Waals surface area (Å²) >= 11 is 3.38. The van der Waals surface area contributed by atoms with Gasteiger partial charge in [-0.2, -0.15) is 0 Å². The molecule has 0 aliphatic heterocycles. The molecule has 0 amide bonds. The third-order valence-corrected chi connectivity index (χ3v) is 3.94. The van der Waals surface area contributed by atoms with E-state index in [1.54, 1.807) is 0 Å². The lowest BCUT2D eigenvalue weighted by atomic mass is 10.0. The number of ether oxygens (including phenoxy) is 1. The largest absolute Gasteiger partial charge is 0.491 e. The summed E-state index contributed by atoms with van der Waals surface area (Å²) in [5.41, 5.74) is 0. The number of aliphatic hydroxyl groups excluding tert-OH is 1. The number of hydrogen-bond donors (Lipinski definition) is 2. The van der Waals surface area contributed by atoms with Gasteiger partial charge in [0.15, 0.2) is 0 Å². The smallest absolute Gasteiger partial charge is 0.119 e. The van der Waals surface area contributed by atoms with Crippen molar-refractivity contribution >= 4 is 15.9 Å². The minimum absolute atomic E-state index is 0.310. The van der Waals surface area contributed by atoms with E-state index in [0.29, 0.717) is 25.1 Å². The van der Waals surface area contributed by atoms with Crippen molar-refractivity contribution in [3.8, 4) is 5.75 Å². The fraction of sp³-hybridized carbons (Fsp3) is 0.625. The molecule has 2 N–H and O–H groups in total. The molecule has 0 aliphatic rings. The van der Waals surface area contributed by atoms with Crippen LogP contribution in [0.1, 0.15) is 33.6 Å². The van der Waals surface area contributed by atoms with Gasteiger partial charge in [0.1, 0.15) is 18.5 Å². The second kappa shape index (κ2) is 9.37. The zero-order valence-electron chi connectivity index (χ0n) is 12.6. The van der Waals surface area contributed by atoms with E-state index in [4.69, 9.17) is 4.74 Å². The Kier molecular flexibility index (Phi) is 8.19. The first-order chi connectivity index (χ1) is 9.51. The van der Waals surface area contributed by atoms with Gasteiger partial charge in [-0.15, -0.1) is 0 Å². The number of nitrogens with one attached hydrogen (secondary N) is 1. The molecular formula is C16H26BrNO2. The highest BCUT2D eigenvalue weighted by atomic mass is 79.9. The molecule has 0 radical (unpaired) electrons. The Hall–Kier alpha value is -0.580. The zero-order valence-corrected chi connectivity index (χ0v) is 14.2. The number of rotatable bonds is 9. The highest BCUT2D eigenvalue weighted by Gasteiger charge is 2.10. The first kappa shape index (κ1) is 17.5. The Morgan fingerprint density at radius 2 is 1.90 bits per heavy atom. The zero-order chi connectivity index (χ0) is 15.0. The van der Waals surface area contributed by atoms with E-state index in [1.165, 1.54) is 6.42 Å². The van der Waals surface area contributed by atoms with Crippen molar-refractivity contribution in [2.45, 2.75) is 45.8 Å². The predicted octanol–water partition coefficient (Wildman–Crippen LogP) is 3.60. The number of benzene rings is 1. The molecule has 114 valence electrons. The summed E-state index contributed by atoms with van der Waals surface area (Å²) in [4.78, 5) is 0. The topological polar surface area (TPSA) is 41.5 Å². The van der Waals surface area contributed by atoms with Gasteiger partial charge in [0.25, 0.3) is 0 Å². The number of aliphatic hydroxyl groups is 1. The lowest BCUT2D eigenvalue weighted by Crippen LogP contribution is -2.37. The van der Waals surface area contributed by atoms with Crippen molar-refractivity contribution in [2.24, 2.45) is 5.92 Å². The van der Waals surface area contributed by atoms with Gasteiger partial charge in [-0.3, -0.25) is 0 Å². The highest BCUT2D eigenvalue weighted by Crippen LogP contribution is 2.16. The van der Waals surface area contributed by atoms with Crippen LogP contribution in [-0.4, -0.2) is 30.4 Å². The second-order valence-electron chi connectivity index (χ2n) is 5.48. The van der Waals surface area contributed by atoms with Gasteiger partial charge in [0.2, 0.25) is 0 Å². The van der Waals surface area contributed by atoms with Gasteiger partial charge >= 0.3 is 0 Å². The Morgan fingerprint density at radius 3 is 2.50 bits per heavy atom. The van der Waals surface area contributed by atoms with E-state index in [-0.39, 0.29) is 0 Å². The predicted molar refractivity (Wildman–Crippen MR) is 87.2 cm³/mol. The first-order valence-electron chi connectivity index (χ1n) is 7.31. The Morgan fingerprint density at radius 1 is 1.25 bits per heavy atom. The van der Waals surface area contributed by atoms with Crippen LogP contribution in [0.15, 0.2) is 28.7 Å².